The van der Waals surface area contributed by atoms with Gasteiger partial charge in [0.25, 0.3) is 0 Å². The van der Waals surface area contributed by atoms with Crippen LogP contribution in [-0.4, -0.2) is 52.6 Å². The van der Waals surface area contributed by atoms with Gasteiger partial charge >= 0.3 is 18.1 Å². The Labute approximate surface area is 112 Å². The van der Waals surface area contributed by atoms with Gasteiger partial charge in [-0.3, -0.25) is 9.59 Å². The average molecular weight is 296 g/mol. The van der Waals surface area contributed by atoms with Crippen molar-refractivity contribution in [1.82, 2.24) is 10.2 Å². The Balaban J connectivity index is 2.78. The van der Waals surface area contributed by atoms with E-state index in [0.717, 1.165) is 4.90 Å². The number of nitrogens with zero attached hydrogens (tertiary/aromatic N) is 1. The van der Waals surface area contributed by atoms with E-state index in [-0.39, 0.29) is 13.0 Å². The van der Waals surface area contributed by atoms with E-state index in [1.54, 1.807) is 19.2 Å². The number of hydrogen-bond donors (Lipinski definition) is 2. The number of likely N-dealkylation sites (tertiary alicyclic amines) is 1. The molecule has 0 aromatic carbocycles. The first-order chi connectivity index (χ1) is 9.05. The Morgan fingerprint density at radius 2 is 1.95 bits per heavy atom. The van der Waals surface area contributed by atoms with Crippen LogP contribution in [0.4, 0.5) is 13.2 Å². The highest BCUT2D eigenvalue weighted by Gasteiger charge is 2.45. The minimum absolute atomic E-state index is 0.00319. The molecule has 1 heterocycles. The number of carbonyl (C=O) groups is 3. The fourth-order valence-electron chi connectivity index (χ4n) is 2.13. The van der Waals surface area contributed by atoms with Gasteiger partial charge in [0, 0.05) is 6.54 Å². The first-order valence-electron chi connectivity index (χ1n) is 5.96. The van der Waals surface area contributed by atoms with Crippen molar-refractivity contribution >= 4 is 17.8 Å². The molecule has 9 heteroatoms. The second kappa shape index (κ2) is 5.68. The van der Waals surface area contributed by atoms with Crippen molar-refractivity contribution in [1.29, 1.82) is 0 Å². The third kappa shape index (κ3) is 3.40. The van der Waals surface area contributed by atoms with Crippen LogP contribution >= 0.6 is 0 Å². The maximum atomic E-state index is 12.1. The highest BCUT2D eigenvalue weighted by molar-refractivity contribution is 5.93. The van der Waals surface area contributed by atoms with Gasteiger partial charge in [-0.1, -0.05) is 13.8 Å². The van der Waals surface area contributed by atoms with E-state index in [9.17, 15) is 27.6 Å². The van der Waals surface area contributed by atoms with Crippen molar-refractivity contribution in [3.05, 3.63) is 0 Å². The summed E-state index contributed by atoms with van der Waals surface area (Å²) in [5, 5.41) is 10.6. The van der Waals surface area contributed by atoms with Gasteiger partial charge in [-0.25, -0.2) is 4.79 Å². The lowest BCUT2D eigenvalue weighted by molar-refractivity contribution is -0.174. The van der Waals surface area contributed by atoms with E-state index >= 15 is 0 Å². The van der Waals surface area contributed by atoms with Gasteiger partial charge in [0.15, 0.2) is 0 Å². The van der Waals surface area contributed by atoms with Crippen LogP contribution in [0.1, 0.15) is 20.3 Å². The smallest absolute Gasteiger partial charge is 0.471 e. The first-order valence-corrected chi connectivity index (χ1v) is 5.96. The third-order valence-corrected chi connectivity index (χ3v) is 3.02. The Morgan fingerprint density at radius 3 is 2.35 bits per heavy atom. The number of carboxylic acid groups (broad SMARTS) is 1. The minimum atomic E-state index is -5.07. The van der Waals surface area contributed by atoms with Gasteiger partial charge in [0.2, 0.25) is 5.91 Å². The largest absolute Gasteiger partial charge is 0.480 e. The minimum Gasteiger partial charge on any atom is -0.480 e. The number of rotatable bonds is 4. The van der Waals surface area contributed by atoms with Crippen molar-refractivity contribution < 1.29 is 32.7 Å². The summed E-state index contributed by atoms with van der Waals surface area (Å²) in [5.74, 6) is -4.62. The summed E-state index contributed by atoms with van der Waals surface area (Å²) in [4.78, 5) is 34.8. The molecule has 1 aliphatic heterocycles. The maximum absolute atomic E-state index is 12.1. The van der Waals surface area contributed by atoms with Crippen LogP contribution < -0.4 is 5.32 Å². The molecule has 2 atom stereocenters. The van der Waals surface area contributed by atoms with Gasteiger partial charge in [-0.15, -0.1) is 0 Å². The molecule has 6 nitrogen and oxygen atoms in total. The first kappa shape index (κ1) is 16.3. The number of carbonyl (C=O) groups excluding carboxylic acids is 2. The molecule has 1 aliphatic rings. The molecule has 0 aromatic heterocycles. The molecule has 0 aromatic rings. The second-order valence-electron chi connectivity index (χ2n) is 4.87. The average Bonchev–Trinajstić information content (AvgIpc) is 2.59. The Bertz CT molecular complexity index is 422. The number of carboxylic acids is 1. The van der Waals surface area contributed by atoms with Gasteiger partial charge in [0.05, 0.1) is 0 Å². The summed E-state index contributed by atoms with van der Waals surface area (Å²) in [6.45, 7) is 3.18. The zero-order valence-corrected chi connectivity index (χ0v) is 10.9. The molecular formula is C11H15F3N2O4. The molecule has 2 amide bonds. The highest BCUT2D eigenvalue weighted by Crippen LogP contribution is 2.21. The lowest BCUT2D eigenvalue weighted by Crippen LogP contribution is -2.51. The zero-order valence-electron chi connectivity index (χ0n) is 10.9. The molecular weight excluding hydrogens is 281 g/mol. The van der Waals surface area contributed by atoms with E-state index in [2.05, 4.69) is 0 Å². The van der Waals surface area contributed by atoms with Crippen molar-refractivity contribution in [2.75, 3.05) is 6.54 Å². The van der Waals surface area contributed by atoms with Crippen LogP contribution in [0.15, 0.2) is 0 Å². The SMILES string of the molecule is CC(C)C(C(=O)O)N1CCC(NC(=O)C(F)(F)F)C1=O. The molecule has 1 rings (SSSR count). The molecule has 114 valence electrons. The summed E-state index contributed by atoms with van der Waals surface area (Å²) in [6, 6.07) is -2.44. The number of amides is 2. The van der Waals surface area contributed by atoms with E-state index in [4.69, 9.17) is 5.11 Å². The molecule has 20 heavy (non-hydrogen) atoms. The number of halogens is 3. The fraction of sp³-hybridized carbons (Fsp3) is 0.727. The summed E-state index contributed by atoms with van der Waals surface area (Å²) in [6.07, 6.45) is -5.12. The molecule has 0 radical (unpaired) electrons. The van der Waals surface area contributed by atoms with E-state index in [1.807, 2.05) is 0 Å². The van der Waals surface area contributed by atoms with E-state index in [1.165, 1.54) is 0 Å². The molecule has 0 bridgehead atoms. The van der Waals surface area contributed by atoms with Crippen LogP contribution in [0, 0.1) is 5.92 Å². The van der Waals surface area contributed by atoms with Crippen LogP contribution in [0.3, 0.4) is 0 Å². The number of aliphatic carboxylic acids is 1. The standard InChI is InChI=1S/C11H15F3N2O4/c1-5(2)7(9(18)19)16-4-3-6(8(16)17)15-10(20)11(12,13)14/h5-7H,3-4H2,1-2H3,(H,15,20)(H,18,19). The lowest BCUT2D eigenvalue weighted by Gasteiger charge is -2.27. The molecule has 0 spiro atoms. The Hall–Kier alpha value is -1.80. The van der Waals surface area contributed by atoms with Crippen LogP contribution in [0.25, 0.3) is 0 Å². The number of hydrogen-bond acceptors (Lipinski definition) is 3. The van der Waals surface area contributed by atoms with Crippen molar-refractivity contribution in [2.24, 2.45) is 5.92 Å². The second-order valence-corrected chi connectivity index (χ2v) is 4.87. The van der Waals surface area contributed by atoms with Crippen LogP contribution in [0.5, 0.6) is 0 Å². The highest BCUT2D eigenvalue weighted by atomic mass is 19.4. The maximum Gasteiger partial charge on any atom is 0.471 e. The molecule has 1 saturated heterocycles. The Morgan fingerprint density at radius 1 is 1.40 bits per heavy atom. The fourth-order valence-corrected chi connectivity index (χ4v) is 2.13. The molecule has 1 fully saturated rings. The van der Waals surface area contributed by atoms with Crippen molar-refractivity contribution in [3.63, 3.8) is 0 Å². The molecule has 0 saturated carbocycles. The predicted molar refractivity (Wildman–Crippen MR) is 60.6 cm³/mol. The van der Waals surface area contributed by atoms with Crippen LogP contribution in [-0.2, 0) is 14.4 Å². The quantitative estimate of drug-likeness (QED) is 0.785. The number of nitrogens with one attached hydrogen (secondary N) is 1. The van der Waals surface area contributed by atoms with E-state index in [0.29, 0.717) is 0 Å². The normalized spacial score (nSPS) is 21.2. The third-order valence-electron chi connectivity index (χ3n) is 3.02. The Kier molecular flexibility index (Phi) is 4.61. The van der Waals surface area contributed by atoms with E-state index < -0.39 is 42.0 Å². The molecule has 2 N–H and O–H groups in total. The monoisotopic (exact) mass is 296 g/mol. The molecule has 2 unspecified atom stereocenters. The summed E-state index contributed by atoms with van der Waals surface area (Å²) in [7, 11) is 0. The summed E-state index contributed by atoms with van der Waals surface area (Å²) >= 11 is 0. The van der Waals surface area contributed by atoms with Gasteiger partial charge in [-0.2, -0.15) is 13.2 Å². The van der Waals surface area contributed by atoms with Gasteiger partial charge < -0.3 is 15.3 Å². The summed E-state index contributed by atoms with van der Waals surface area (Å²) < 4.78 is 36.3. The molecule has 0 aliphatic carbocycles. The summed E-state index contributed by atoms with van der Waals surface area (Å²) in [5.41, 5.74) is 0. The lowest BCUT2D eigenvalue weighted by atomic mass is 10.0. The number of alkyl halides is 3. The van der Waals surface area contributed by atoms with Gasteiger partial charge in [0.1, 0.15) is 12.1 Å². The van der Waals surface area contributed by atoms with Crippen molar-refractivity contribution in [3.8, 4) is 0 Å². The van der Waals surface area contributed by atoms with Crippen LogP contribution in [0.2, 0.25) is 0 Å². The van der Waals surface area contributed by atoms with Crippen molar-refractivity contribution in [2.45, 2.75) is 38.5 Å². The predicted octanol–water partition coefficient (Wildman–Crippen LogP) is 0.375. The zero-order chi connectivity index (χ0) is 15.7. The van der Waals surface area contributed by atoms with Gasteiger partial charge in [-0.05, 0) is 12.3 Å². The topological polar surface area (TPSA) is 86.7 Å².